The number of guanidine groups is 1. The number of hydrogen-bond donors (Lipinski definition) is 2. The first-order valence-corrected chi connectivity index (χ1v) is 6.98. The van der Waals surface area contributed by atoms with Gasteiger partial charge in [-0.15, -0.1) is 4.99 Å². The first-order valence-electron chi connectivity index (χ1n) is 6.98. The number of para-hydroxylation sites is 1. The molecule has 0 heterocycles. The molecule has 0 bridgehead atoms. The topological polar surface area (TPSA) is 85.6 Å². The third kappa shape index (κ3) is 4.25. The first-order chi connectivity index (χ1) is 10.7. The van der Waals surface area contributed by atoms with Gasteiger partial charge in [0.2, 0.25) is 12.2 Å². The highest BCUT2D eigenvalue weighted by molar-refractivity contribution is 5.79. The van der Waals surface area contributed by atoms with Crippen LogP contribution in [0.4, 0.5) is 0 Å². The molecule has 5 nitrogen and oxygen atoms in total. The maximum Gasteiger partial charge on any atom is 0.209 e. The van der Waals surface area contributed by atoms with Gasteiger partial charge >= 0.3 is 0 Å². The summed E-state index contributed by atoms with van der Waals surface area (Å²) >= 11 is 0. The maximum absolute atomic E-state index is 9.88. The summed E-state index contributed by atoms with van der Waals surface area (Å²) < 4.78 is 0. The minimum atomic E-state index is 0.154. The minimum Gasteiger partial charge on any atom is -0.508 e. The van der Waals surface area contributed by atoms with Crippen molar-refractivity contribution in [3.63, 3.8) is 0 Å². The van der Waals surface area contributed by atoms with E-state index in [9.17, 15) is 5.11 Å². The minimum absolute atomic E-state index is 0.154. The highest BCUT2D eigenvalue weighted by Gasteiger charge is 2.11. The fraction of sp³-hybridized carbons (Fsp3) is 0.176. The van der Waals surface area contributed by atoms with Crippen LogP contribution in [0.15, 0.2) is 59.6 Å². The first kappa shape index (κ1) is 15.4. The lowest BCUT2D eigenvalue weighted by atomic mass is 10.1. The zero-order chi connectivity index (χ0) is 15.8. The van der Waals surface area contributed by atoms with Crippen LogP contribution in [-0.4, -0.2) is 22.5 Å². The van der Waals surface area contributed by atoms with Gasteiger partial charge in [0.25, 0.3) is 0 Å². The van der Waals surface area contributed by atoms with E-state index in [4.69, 9.17) is 11.0 Å². The van der Waals surface area contributed by atoms with E-state index < -0.39 is 0 Å². The van der Waals surface area contributed by atoms with Crippen LogP contribution < -0.4 is 5.73 Å². The van der Waals surface area contributed by atoms with Crippen LogP contribution in [0, 0.1) is 11.5 Å². The highest BCUT2D eigenvalue weighted by Crippen LogP contribution is 2.18. The van der Waals surface area contributed by atoms with Gasteiger partial charge < -0.3 is 15.7 Å². The maximum atomic E-state index is 9.88. The van der Waals surface area contributed by atoms with Crippen LogP contribution in [0.25, 0.3) is 0 Å². The summed E-state index contributed by atoms with van der Waals surface area (Å²) in [5, 5.41) is 18.6. The number of nitrogens with two attached hydrogens (primary N) is 1. The number of aliphatic imine (C=N–C) groups is 1. The molecule has 2 aromatic rings. The summed E-state index contributed by atoms with van der Waals surface area (Å²) in [6.45, 7) is 1.01. The van der Waals surface area contributed by atoms with Crippen molar-refractivity contribution >= 4 is 5.96 Å². The van der Waals surface area contributed by atoms with Gasteiger partial charge in [-0.3, -0.25) is 0 Å². The SMILES string of the molecule is N#CN=C(N)N(CCc1ccccc1)Cc1ccccc1O. The molecule has 0 aromatic heterocycles. The van der Waals surface area contributed by atoms with E-state index in [1.54, 1.807) is 23.2 Å². The molecule has 0 aliphatic rings. The Bertz CT molecular complexity index is 677. The van der Waals surface area contributed by atoms with Crippen molar-refractivity contribution in [1.29, 1.82) is 5.26 Å². The smallest absolute Gasteiger partial charge is 0.209 e. The molecule has 5 heteroatoms. The molecular weight excluding hydrogens is 276 g/mol. The Morgan fingerprint density at radius 1 is 1.14 bits per heavy atom. The lowest BCUT2D eigenvalue weighted by Gasteiger charge is -2.23. The number of aromatic hydroxyl groups is 1. The zero-order valence-electron chi connectivity index (χ0n) is 12.2. The summed E-state index contributed by atoms with van der Waals surface area (Å²) in [6, 6.07) is 17.1. The number of rotatable bonds is 5. The summed E-state index contributed by atoms with van der Waals surface area (Å²) in [5.41, 5.74) is 7.78. The Kier molecular flexibility index (Phi) is 5.38. The lowest BCUT2D eigenvalue weighted by molar-refractivity contribution is 0.395. The van der Waals surface area contributed by atoms with Crippen molar-refractivity contribution < 1.29 is 5.11 Å². The van der Waals surface area contributed by atoms with E-state index in [0.29, 0.717) is 13.1 Å². The zero-order valence-corrected chi connectivity index (χ0v) is 12.2. The van der Waals surface area contributed by atoms with Gasteiger partial charge in [-0.05, 0) is 18.1 Å². The molecule has 0 unspecified atom stereocenters. The number of benzene rings is 2. The standard InChI is InChI=1S/C17H18N4O/c18-13-20-17(19)21(11-10-14-6-2-1-3-7-14)12-15-8-4-5-9-16(15)22/h1-9,22H,10-12H2,(H2,19,20). The van der Waals surface area contributed by atoms with E-state index >= 15 is 0 Å². The predicted octanol–water partition coefficient (Wildman–Crippen LogP) is 2.23. The van der Waals surface area contributed by atoms with E-state index in [1.807, 2.05) is 42.5 Å². The van der Waals surface area contributed by atoms with Gasteiger partial charge in [-0.2, -0.15) is 5.26 Å². The van der Waals surface area contributed by atoms with E-state index in [-0.39, 0.29) is 11.7 Å². The molecule has 0 spiro atoms. The van der Waals surface area contributed by atoms with Crippen LogP contribution >= 0.6 is 0 Å². The molecule has 0 amide bonds. The molecule has 0 aliphatic heterocycles. The quantitative estimate of drug-likeness (QED) is 0.503. The molecule has 2 aromatic carbocycles. The second-order valence-electron chi connectivity index (χ2n) is 4.86. The number of phenols is 1. The number of nitriles is 1. The van der Waals surface area contributed by atoms with Gasteiger partial charge in [0.15, 0.2) is 0 Å². The normalized spacial score (nSPS) is 11.0. The highest BCUT2D eigenvalue weighted by atomic mass is 16.3. The molecule has 2 rings (SSSR count). The molecule has 0 saturated heterocycles. The van der Waals surface area contributed by atoms with Gasteiger partial charge in [0.05, 0.1) is 0 Å². The third-order valence-corrected chi connectivity index (χ3v) is 3.35. The fourth-order valence-corrected chi connectivity index (χ4v) is 2.16. The van der Waals surface area contributed by atoms with Crippen LogP contribution in [0.2, 0.25) is 0 Å². The van der Waals surface area contributed by atoms with Crippen molar-refractivity contribution in [3.8, 4) is 11.9 Å². The second-order valence-corrected chi connectivity index (χ2v) is 4.86. The van der Waals surface area contributed by atoms with Crippen LogP contribution in [0.1, 0.15) is 11.1 Å². The second kappa shape index (κ2) is 7.70. The molecule has 22 heavy (non-hydrogen) atoms. The third-order valence-electron chi connectivity index (χ3n) is 3.35. The molecule has 3 N–H and O–H groups in total. The van der Waals surface area contributed by atoms with Gasteiger partial charge in [-0.25, -0.2) is 0 Å². The fourth-order valence-electron chi connectivity index (χ4n) is 2.16. The molecule has 0 atom stereocenters. The lowest BCUT2D eigenvalue weighted by Crippen LogP contribution is -2.38. The van der Waals surface area contributed by atoms with Crippen molar-refractivity contribution in [2.24, 2.45) is 10.7 Å². The Morgan fingerprint density at radius 2 is 1.82 bits per heavy atom. The van der Waals surface area contributed by atoms with E-state index in [2.05, 4.69) is 4.99 Å². The van der Waals surface area contributed by atoms with E-state index in [1.165, 1.54) is 5.56 Å². The number of phenolic OH excluding ortho intramolecular Hbond substituents is 1. The van der Waals surface area contributed by atoms with Crippen LogP contribution in [-0.2, 0) is 13.0 Å². The Morgan fingerprint density at radius 3 is 2.50 bits per heavy atom. The molecule has 0 aliphatic carbocycles. The van der Waals surface area contributed by atoms with Gasteiger partial charge in [0.1, 0.15) is 5.75 Å². The number of hydrogen-bond acceptors (Lipinski definition) is 3. The van der Waals surface area contributed by atoms with Gasteiger partial charge in [0, 0.05) is 18.7 Å². The summed E-state index contributed by atoms with van der Waals surface area (Å²) in [5.74, 6) is 0.360. The van der Waals surface area contributed by atoms with Crippen molar-refractivity contribution in [1.82, 2.24) is 4.90 Å². The average molecular weight is 294 g/mol. The Labute approximate surface area is 129 Å². The summed E-state index contributed by atoms with van der Waals surface area (Å²) in [7, 11) is 0. The monoisotopic (exact) mass is 294 g/mol. The van der Waals surface area contributed by atoms with Gasteiger partial charge in [-0.1, -0.05) is 48.5 Å². The Hall–Kier alpha value is -3.00. The van der Waals surface area contributed by atoms with Crippen molar-refractivity contribution in [3.05, 3.63) is 65.7 Å². The predicted molar refractivity (Wildman–Crippen MR) is 85.9 cm³/mol. The molecule has 0 fully saturated rings. The van der Waals surface area contributed by atoms with Crippen LogP contribution in [0.5, 0.6) is 5.75 Å². The Balaban J connectivity index is 2.11. The van der Waals surface area contributed by atoms with E-state index in [0.717, 1.165) is 12.0 Å². The molecule has 0 saturated carbocycles. The number of nitrogens with zero attached hydrogens (tertiary/aromatic N) is 3. The van der Waals surface area contributed by atoms with Crippen molar-refractivity contribution in [2.75, 3.05) is 6.54 Å². The largest absolute Gasteiger partial charge is 0.508 e. The van der Waals surface area contributed by atoms with Crippen molar-refractivity contribution in [2.45, 2.75) is 13.0 Å². The van der Waals surface area contributed by atoms with Crippen LogP contribution in [0.3, 0.4) is 0 Å². The molecule has 0 radical (unpaired) electrons. The average Bonchev–Trinajstić information content (AvgIpc) is 2.54. The summed E-state index contributed by atoms with van der Waals surface area (Å²) in [4.78, 5) is 5.39. The molecule has 112 valence electrons. The molecular formula is C17H18N4O. The summed E-state index contributed by atoms with van der Waals surface area (Å²) in [6.07, 6.45) is 2.48.